The molecule has 0 saturated heterocycles. The molecule has 106 valence electrons. The number of anilines is 1. The fourth-order valence-corrected chi connectivity index (χ4v) is 1.87. The van der Waals surface area contributed by atoms with Gasteiger partial charge in [0.15, 0.2) is 0 Å². The molecular weight excluding hydrogens is 240 g/mol. The Hall–Kier alpha value is -1.55. The average molecular weight is 264 g/mol. The fourth-order valence-electron chi connectivity index (χ4n) is 1.87. The van der Waals surface area contributed by atoms with E-state index in [0.29, 0.717) is 18.9 Å². The normalized spacial score (nSPS) is 12.3. The molecule has 4 nitrogen and oxygen atoms in total. The molecule has 1 aromatic rings. The van der Waals surface area contributed by atoms with Gasteiger partial charge in [0.25, 0.3) is 0 Å². The van der Waals surface area contributed by atoms with Crippen LogP contribution in [0.25, 0.3) is 0 Å². The number of amides is 1. The fraction of sp³-hybridized carbons (Fsp3) is 0.533. The monoisotopic (exact) mass is 264 g/mol. The van der Waals surface area contributed by atoms with Gasteiger partial charge in [-0.1, -0.05) is 13.8 Å². The van der Waals surface area contributed by atoms with Gasteiger partial charge in [-0.15, -0.1) is 0 Å². The zero-order valence-corrected chi connectivity index (χ0v) is 12.2. The maximum atomic E-state index is 11.9. The Balaban J connectivity index is 2.69. The first-order chi connectivity index (χ1) is 8.93. The van der Waals surface area contributed by atoms with E-state index < -0.39 is 6.04 Å². The number of nitrogens with one attached hydrogen (secondary N) is 1. The summed E-state index contributed by atoms with van der Waals surface area (Å²) in [7, 11) is 0. The molecule has 0 aliphatic carbocycles. The van der Waals surface area contributed by atoms with E-state index in [2.05, 4.69) is 19.2 Å². The van der Waals surface area contributed by atoms with Gasteiger partial charge in [0.1, 0.15) is 5.75 Å². The van der Waals surface area contributed by atoms with Gasteiger partial charge in [-0.2, -0.15) is 0 Å². The van der Waals surface area contributed by atoms with Crippen molar-refractivity contribution < 1.29 is 9.53 Å². The third-order valence-electron chi connectivity index (χ3n) is 2.83. The van der Waals surface area contributed by atoms with Crippen molar-refractivity contribution in [3.63, 3.8) is 0 Å². The van der Waals surface area contributed by atoms with Crippen molar-refractivity contribution in [2.45, 2.75) is 40.2 Å². The van der Waals surface area contributed by atoms with Gasteiger partial charge in [0.2, 0.25) is 5.91 Å². The first-order valence-electron chi connectivity index (χ1n) is 6.74. The lowest BCUT2D eigenvalue weighted by Crippen LogP contribution is -2.36. The number of hydrogen-bond donors (Lipinski definition) is 2. The Morgan fingerprint density at radius 3 is 2.63 bits per heavy atom. The molecule has 0 heterocycles. The second-order valence-corrected chi connectivity index (χ2v) is 5.14. The maximum absolute atomic E-state index is 11.9. The highest BCUT2D eigenvalue weighted by molar-refractivity contribution is 5.95. The van der Waals surface area contributed by atoms with Crippen molar-refractivity contribution in [2.24, 2.45) is 11.7 Å². The highest BCUT2D eigenvalue weighted by Gasteiger charge is 2.15. The summed E-state index contributed by atoms with van der Waals surface area (Å²) in [6.07, 6.45) is 0.682. The quantitative estimate of drug-likeness (QED) is 0.830. The highest BCUT2D eigenvalue weighted by atomic mass is 16.5. The number of hydrogen-bond acceptors (Lipinski definition) is 3. The van der Waals surface area contributed by atoms with E-state index in [9.17, 15) is 4.79 Å². The van der Waals surface area contributed by atoms with Crippen LogP contribution in [0.1, 0.15) is 32.8 Å². The van der Waals surface area contributed by atoms with Crippen LogP contribution in [0.3, 0.4) is 0 Å². The predicted octanol–water partition coefficient (Wildman–Crippen LogP) is 2.71. The summed E-state index contributed by atoms with van der Waals surface area (Å²) in [4.78, 5) is 11.9. The van der Waals surface area contributed by atoms with Gasteiger partial charge in [-0.05, 0) is 49.9 Å². The lowest BCUT2D eigenvalue weighted by atomic mass is 10.0. The molecule has 0 saturated carbocycles. The van der Waals surface area contributed by atoms with Crippen molar-refractivity contribution in [3.05, 3.63) is 23.8 Å². The Labute approximate surface area is 115 Å². The maximum Gasteiger partial charge on any atom is 0.241 e. The lowest BCUT2D eigenvalue weighted by molar-refractivity contribution is -0.117. The number of ether oxygens (including phenoxy) is 1. The van der Waals surface area contributed by atoms with Crippen molar-refractivity contribution in [2.75, 3.05) is 11.9 Å². The summed E-state index contributed by atoms with van der Waals surface area (Å²) >= 11 is 0. The smallest absolute Gasteiger partial charge is 0.241 e. The van der Waals surface area contributed by atoms with Crippen LogP contribution >= 0.6 is 0 Å². The van der Waals surface area contributed by atoms with Crippen molar-refractivity contribution in [1.29, 1.82) is 0 Å². The summed E-state index contributed by atoms with van der Waals surface area (Å²) in [5.41, 5.74) is 7.61. The van der Waals surface area contributed by atoms with Gasteiger partial charge in [0, 0.05) is 5.69 Å². The summed E-state index contributed by atoms with van der Waals surface area (Å²) in [6, 6.07) is 5.14. The Morgan fingerprint density at radius 2 is 2.11 bits per heavy atom. The Bertz CT molecular complexity index is 430. The molecule has 4 heteroatoms. The third kappa shape index (κ3) is 4.91. The van der Waals surface area contributed by atoms with Crippen molar-refractivity contribution >= 4 is 11.6 Å². The number of benzene rings is 1. The zero-order chi connectivity index (χ0) is 14.4. The molecule has 0 fully saturated rings. The minimum absolute atomic E-state index is 0.138. The molecule has 0 bridgehead atoms. The average Bonchev–Trinajstić information content (AvgIpc) is 2.32. The van der Waals surface area contributed by atoms with Crippen LogP contribution in [0.15, 0.2) is 18.2 Å². The topological polar surface area (TPSA) is 64.3 Å². The van der Waals surface area contributed by atoms with Crippen molar-refractivity contribution in [3.8, 4) is 5.75 Å². The molecule has 0 radical (unpaired) electrons. The molecule has 3 N–H and O–H groups in total. The minimum Gasteiger partial charge on any atom is -0.494 e. The number of nitrogens with two attached hydrogens (primary N) is 1. The van der Waals surface area contributed by atoms with E-state index in [4.69, 9.17) is 10.5 Å². The SMILES string of the molecule is CCOc1ccc(NC(=O)[C@@H](N)CC(C)C)c(C)c1. The van der Waals surface area contributed by atoms with Gasteiger partial charge >= 0.3 is 0 Å². The van der Waals surface area contributed by atoms with Crippen LogP contribution in [0.4, 0.5) is 5.69 Å². The number of carbonyl (C=O) groups is 1. The number of aryl methyl sites for hydroxylation is 1. The van der Waals surface area contributed by atoms with Gasteiger partial charge < -0.3 is 15.8 Å². The molecule has 0 aromatic heterocycles. The first-order valence-corrected chi connectivity index (χ1v) is 6.74. The van der Waals surface area contributed by atoms with Crippen LogP contribution in [0.2, 0.25) is 0 Å². The van der Waals surface area contributed by atoms with Crippen LogP contribution in [-0.4, -0.2) is 18.6 Å². The third-order valence-corrected chi connectivity index (χ3v) is 2.83. The molecule has 0 aliphatic rings. The molecule has 0 unspecified atom stereocenters. The number of rotatable bonds is 6. The molecule has 0 spiro atoms. The first kappa shape index (κ1) is 15.5. The van der Waals surface area contributed by atoms with Gasteiger partial charge in [-0.3, -0.25) is 4.79 Å². The second-order valence-electron chi connectivity index (χ2n) is 5.14. The second kappa shape index (κ2) is 7.14. The summed E-state index contributed by atoms with van der Waals surface area (Å²) < 4.78 is 5.41. The van der Waals surface area contributed by atoms with E-state index in [1.54, 1.807) is 0 Å². The van der Waals surface area contributed by atoms with Gasteiger partial charge in [0.05, 0.1) is 12.6 Å². The molecule has 1 aromatic carbocycles. The van der Waals surface area contributed by atoms with E-state index in [1.165, 1.54) is 0 Å². The standard InChI is InChI=1S/C15H24N2O2/c1-5-19-12-6-7-14(11(4)9-12)17-15(18)13(16)8-10(2)3/h6-7,9-10,13H,5,8,16H2,1-4H3,(H,17,18)/t13-/m0/s1. The molecule has 1 amide bonds. The lowest BCUT2D eigenvalue weighted by Gasteiger charge is -2.16. The summed E-state index contributed by atoms with van der Waals surface area (Å²) in [5, 5.41) is 2.87. The number of carbonyl (C=O) groups excluding carboxylic acids is 1. The van der Waals surface area contributed by atoms with Crippen LogP contribution in [0.5, 0.6) is 5.75 Å². The van der Waals surface area contributed by atoms with Gasteiger partial charge in [-0.25, -0.2) is 0 Å². The molecular formula is C15H24N2O2. The van der Waals surface area contributed by atoms with Crippen LogP contribution in [-0.2, 0) is 4.79 Å². The molecule has 19 heavy (non-hydrogen) atoms. The van der Waals surface area contributed by atoms with Crippen LogP contribution < -0.4 is 15.8 Å². The van der Waals surface area contributed by atoms with E-state index >= 15 is 0 Å². The van der Waals surface area contributed by atoms with E-state index in [0.717, 1.165) is 17.0 Å². The minimum atomic E-state index is -0.467. The summed E-state index contributed by atoms with van der Waals surface area (Å²) in [6.45, 7) is 8.61. The molecule has 1 atom stereocenters. The Kier molecular flexibility index (Phi) is 5.83. The molecule has 0 aliphatic heterocycles. The van der Waals surface area contributed by atoms with E-state index in [1.807, 2.05) is 32.0 Å². The predicted molar refractivity (Wildman–Crippen MR) is 78.4 cm³/mol. The highest BCUT2D eigenvalue weighted by Crippen LogP contribution is 2.21. The van der Waals surface area contributed by atoms with Crippen LogP contribution in [0, 0.1) is 12.8 Å². The largest absolute Gasteiger partial charge is 0.494 e. The zero-order valence-electron chi connectivity index (χ0n) is 12.2. The Morgan fingerprint density at radius 1 is 1.42 bits per heavy atom. The van der Waals surface area contributed by atoms with E-state index in [-0.39, 0.29) is 5.91 Å². The molecule has 1 rings (SSSR count). The summed E-state index contributed by atoms with van der Waals surface area (Å²) in [5.74, 6) is 1.08. The van der Waals surface area contributed by atoms with Crippen molar-refractivity contribution in [1.82, 2.24) is 0 Å².